The number of ether oxygens (including phenoxy) is 3. The first-order valence-corrected chi connectivity index (χ1v) is 8.72. The average molecular weight is 370 g/mol. The van der Waals surface area contributed by atoms with Crippen molar-refractivity contribution in [1.82, 2.24) is 9.80 Å². The van der Waals surface area contributed by atoms with E-state index in [2.05, 4.69) is 0 Å². The van der Waals surface area contributed by atoms with Crippen LogP contribution in [0.1, 0.15) is 0 Å². The summed E-state index contributed by atoms with van der Waals surface area (Å²) in [6.45, 7) is 1.73. The summed E-state index contributed by atoms with van der Waals surface area (Å²) < 4.78 is 15.9. The first-order chi connectivity index (χ1) is 13.2. The predicted molar refractivity (Wildman–Crippen MR) is 99.1 cm³/mol. The van der Waals surface area contributed by atoms with Crippen LogP contribution in [-0.4, -0.2) is 61.7 Å². The van der Waals surface area contributed by atoms with Gasteiger partial charge in [-0.3, -0.25) is 4.79 Å². The van der Waals surface area contributed by atoms with Crippen molar-refractivity contribution in [1.29, 1.82) is 0 Å². The summed E-state index contributed by atoms with van der Waals surface area (Å²) in [7, 11) is 1.59. The molecule has 2 amide bonds. The van der Waals surface area contributed by atoms with Gasteiger partial charge in [0, 0.05) is 26.2 Å². The van der Waals surface area contributed by atoms with E-state index in [4.69, 9.17) is 14.2 Å². The summed E-state index contributed by atoms with van der Waals surface area (Å²) in [4.78, 5) is 27.8. The molecule has 0 bridgehead atoms. The van der Waals surface area contributed by atoms with Crippen LogP contribution >= 0.6 is 0 Å². The summed E-state index contributed by atoms with van der Waals surface area (Å²) >= 11 is 0. The van der Waals surface area contributed by atoms with Gasteiger partial charge < -0.3 is 24.0 Å². The van der Waals surface area contributed by atoms with E-state index in [1.54, 1.807) is 53.3 Å². The lowest BCUT2D eigenvalue weighted by molar-refractivity contribution is -0.134. The summed E-state index contributed by atoms with van der Waals surface area (Å²) in [5.74, 6) is 1.73. The minimum atomic E-state index is -0.400. The molecule has 1 fully saturated rings. The van der Waals surface area contributed by atoms with E-state index in [1.807, 2.05) is 18.2 Å². The number of carbonyl (C=O) groups excluding carboxylic acids is 2. The molecule has 0 aromatic heterocycles. The fourth-order valence-corrected chi connectivity index (χ4v) is 2.70. The van der Waals surface area contributed by atoms with Crippen molar-refractivity contribution < 1.29 is 23.8 Å². The molecule has 1 aliphatic heterocycles. The van der Waals surface area contributed by atoms with Crippen LogP contribution in [-0.2, 0) is 4.79 Å². The van der Waals surface area contributed by atoms with Gasteiger partial charge in [0.05, 0.1) is 7.11 Å². The van der Waals surface area contributed by atoms with Gasteiger partial charge in [-0.25, -0.2) is 4.79 Å². The molecule has 1 aliphatic rings. The van der Waals surface area contributed by atoms with Crippen LogP contribution < -0.4 is 14.2 Å². The standard InChI is InChI=1S/C20H22N2O5/c1-25-16-7-9-17(10-8-16)26-15-19(23)21-11-13-22(14-12-21)20(24)27-18-5-3-2-4-6-18/h2-10H,11-15H2,1H3. The van der Waals surface area contributed by atoms with Crippen LogP contribution in [0.15, 0.2) is 54.6 Å². The van der Waals surface area contributed by atoms with Gasteiger partial charge in [0.25, 0.3) is 5.91 Å². The van der Waals surface area contributed by atoms with Crippen LogP contribution in [0.25, 0.3) is 0 Å². The molecule has 7 nitrogen and oxygen atoms in total. The zero-order valence-corrected chi connectivity index (χ0v) is 15.2. The Hall–Kier alpha value is -3.22. The van der Waals surface area contributed by atoms with E-state index in [0.717, 1.165) is 5.75 Å². The normalized spacial score (nSPS) is 13.8. The van der Waals surface area contributed by atoms with E-state index in [0.29, 0.717) is 37.7 Å². The van der Waals surface area contributed by atoms with Crippen LogP contribution in [0.5, 0.6) is 17.2 Å². The highest BCUT2D eigenvalue weighted by Crippen LogP contribution is 2.17. The Labute approximate surface area is 158 Å². The number of methoxy groups -OCH3 is 1. The Morgan fingerprint density at radius 1 is 0.815 bits per heavy atom. The van der Waals surface area contributed by atoms with E-state index in [9.17, 15) is 9.59 Å². The number of amides is 2. The Bertz CT molecular complexity index is 756. The lowest BCUT2D eigenvalue weighted by Gasteiger charge is -2.34. The van der Waals surface area contributed by atoms with Gasteiger partial charge in [0.2, 0.25) is 0 Å². The highest BCUT2D eigenvalue weighted by Gasteiger charge is 2.25. The maximum Gasteiger partial charge on any atom is 0.415 e. The van der Waals surface area contributed by atoms with Crippen molar-refractivity contribution in [2.75, 3.05) is 39.9 Å². The van der Waals surface area contributed by atoms with Crippen LogP contribution in [0, 0.1) is 0 Å². The van der Waals surface area contributed by atoms with Crippen LogP contribution in [0.4, 0.5) is 4.79 Å². The number of para-hydroxylation sites is 1. The molecule has 0 unspecified atom stereocenters. The lowest BCUT2D eigenvalue weighted by Crippen LogP contribution is -2.52. The first-order valence-electron chi connectivity index (χ1n) is 8.72. The topological polar surface area (TPSA) is 68.3 Å². The Kier molecular flexibility index (Phi) is 6.14. The molecule has 0 aliphatic carbocycles. The molecule has 3 rings (SSSR count). The average Bonchev–Trinajstić information content (AvgIpc) is 2.73. The van der Waals surface area contributed by atoms with Gasteiger partial charge in [-0.05, 0) is 36.4 Å². The Balaban J connectivity index is 1.42. The number of rotatable bonds is 5. The predicted octanol–water partition coefficient (Wildman–Crippen LogP) is 2.42. The number of hydrogen-bond acceptors (Lipinski definition) is 5. The minimum absolute atomic E-state index is 0.0409. The van der Waals surface area contributed by atoms with E-state index < -0.39 is 6.09 Å². The molecule has 142 valence electrons. The van der Waals surface area contributed by atoms with Gasteiger partial charge in [-0.15, -0.1) is 0 Å². The SMILES string of the molecule is COc1ccc(OCC(=O)N2CCN(C(=O)Oc3ccccc3)CC2)cc1. The molecule has 27 heavy (non-hydrogen) atoms. The van der Waals surface area contributed by atoms with Crippen LogP contribution in [0.3, 0.4) is 0 Å². The zero-order valence-electron chi connectivity index (χ0n) is 15.2. The maximum absolute atomic E-state index is 12.3. The number of piperazine rings is 1. The summed E-state index contributed by atoms with van der Waals surface area (Å²) in [5.41, 5.74) is 0. The second kappa shape index (κ2) is 8.93. The third-order valence-corrected chi connectivity index (χ3v) is 4.26. The molecule has 0 spiro atoms. The second-order valence-electron chi connectivity index (χ2n) is 6.01. The summed E-state index contributed by atoms with van der Waals surface area (Å²) in [6.07, 6.45) is -0.400. The van der Waals surface area contributed by atoms with Crippen molar-refractivity contribution in [3.8, 4) is 17.2 Å². The summed E-state index contributed by atoms with van der Waals surface area (Å²) in [6, 6.07) is 16.0. The van der Waals surface area contributed by atoms with Crippen molar-refractivity contribution in [3.63, 3.8) is 0 Å². The van der Waals surface area contributed by atoms with Crippen molar-refractivity contribution in [2.24, 2.45) is 0 Å². The third kappa shape index (κ3) is 5.13. The highest BCUT2D eigenvalue weighted by atomic mass is 16.6. The van der Waals surface area contributed by atoms with Crippen molar-refractivity contribution in [2.45, 2.75) is 0 Å². The molecule has 1 heterocycles. The lowest BCUT2D eigenvalue weighted by atomic mass is 10.3. The Morgan fingerprint density at radius 2 is 1.41 bits per heavy atom. The fourth-order valence-electron chi connectivity index (χ4n) is 2.70. The zero-order chi connectivity index (χ0) is 19.1. The molecule has 7 heteroatoms. The highest BCUT2D eigenvalue weighted by molar-refractivity contribution is 5.78. The second-order valence-corrected chi connectivity index (χ2v) is 6.01. The molecule has 0 N–H and O–H groups in total. The molecule has 1 saturated heterocycles. The molecule has 0 radical (unpaired) electrons. The van der Waals surface area contributed by atoms with Gasteiger partial charge >= 0.3 is 6.09 Å². The molecule has 0 atom stereocenters. The van der Waals surface area contributed by atoms with E-state index in [1.165, 1.54) is 0 Å². The Morgan fingerprint density at radius 3 is 2.04 bits per heavy atom. The van der Waals surface area contributed by atoms with Gasteiger partial charge in [-0.1, -0.05) is 18.2 Å². The number of nitrogens with zero attached hydrogens (tertiary/aromatic N) is 2. The fraction of sp³-hybridized carbons (Fsp3) is 0.300. The smallest absolute Gasteiger partial charge is 0.415 e. The first kappa shape index (κ1) is 18.6. The van der Waals surface area contributed by atoms with E-state index in [-0.39, 0.29) is 12.5 Å². The molecule has 2 aromatic rings. The minimum Gasteiger partial charge on any atom is -0.497 e. The molecule has 2 aromatic carbocycles. The van der Waals surface area contributed by atoms with Gasteiger partial charge in [-0.2, -0.15) is 0 Å². The molecular weight excluding hydrogens is 348 g/mol. The summed E-state index contributed by atoms with van der Waals surface area (Å²) in [5, 5.41) is 0. The van der Waals surface area contributed by atoms with Crippen molar-refractivity contribution >= 4 is 12.0 Å². The monoisotopic (exact) mass is 370 g/mol. The van der Waals surface area contributed by atoms with Crippen LogP contribution in [0.2, 0.25) is 0 Å². The largest absolute Gasteiger partial charge is 0.497 e. The third-order valence-electron chi connectivity index (χ3n) is 4.26. The van der Waals surface area contributed by atoms with Gasteiger partial charge in [0.1, 0.15) is 17.2 Å². The maximum atomic E-state index is 12.3. The number of benzene rings is 2. The van der Waals surface area contributed by atoms with E-state index >= 15 is 0 Å². The van der Waals surface area contributed by atoms with Crippen molar-refractivity contribution in [3.05, 3.63) is 54.6 Å². The quantitative estimate of drug-likeness (QED) is 0.809. The van der Waals surface area contributed by atoms with Gasteiger partial charge in [0.15, 0.2) is 6.61 Å². The molecule has 0 saturated carbocycles. The number of carbonyl (C=O) groups is 2. The molecular formula is C20H22N2O5. The number of hydrogen-bond donors (Lipinski definition) is 0.